The summed E-state index contributed by atoms with van der Waals surface area (Å²) < 4.78 is 20.0. The number of nitrogens with zero attached hydrogens (tertiary/aromatic N) is 2. The average Bonchev–Trinajstić information content (AvgIpc) is 3.18. The maximum atomic E-state index is 13.9. The molecule has 0 atom stereocenters. The number of benzene rings is 1. The second kappa shape index (κ2) is 4.94. The van der Waals surface area contributed by atoms with Crippen LogP contribution in [-0.2, 0) is 0 Å². The van der Waals surface area contributed by atoms with Gasteiger partial charge in [-0.05, 0) is 24.3 Å². The summed E-state index contributed by atoms with van der Waals surface area (Å²) in [5.74, 6) is 0. The summed E-state index contributed by atoms with van der Waals surface area (Å²) in [6, 6.07) is 7.49. The van der Waals surface area contributed by atoms with Crippen LogP contribution in [0.2, 0.25) is 0 Å². The molecule has 1 aromatic carbocycles. The van der Waals surface area contributed by atoms with Gasteiger partial charge in [0.05, 0.1) is 28.3 Å². The molecule has 0 radical (unpaired) electrons. The normalized spacial score (nSPS) is 11.1. The van der Waals surface area contributed by atoms with Gasteiger partial charge in [0.2, 0.25) is 5.13 Å². The maximum absolute atomic E-state index is 13.9. The highest BCUT2D eigenvalue weighted by Gasteiger charge is 2.14. The molecule has 0 saturated carbocycles. The summed E-state index contributed by atoms with van der Waals surface area (Å²) in [7, 11) is 0. The molecule has 0 fully saturated rings. The van der Waals surface area contributed by atoms with E-state index in [1.807, 2.05) is 18.2 Å². The third kappa shape index (κ3) is 2.30. The molecule has 0 spiro atoms. The van der Waals surface area contributed by atoms with Crippen molar-refractivity contribution in [3.63, 3.8) is 0 Å². The minimum atomic E-state index is -0.335. The standard InChI is InChI=1S/C14H8FN3OS2/c15-13-12(8-3-4-19-6-8)18-14(21-13)17-9-1-2-10-11(5-9)20-7-16-10/h1-7H,(H,17,18). The number of thiazole rings is 2. The number of rotatable bonds is 3. The fraction of sp³-hybridized carbons (Fsp3) is 0. The fourth-order valence-corrected chi connectivity index (χ4v) is 3.44. The van der Waals surface area contributed by atoms with Crippen LogP contribution in [0.5, 0.6) is 0 Å². The van der Waals surface area contributed by atoms with E-state index in [2.05, 4.69) is 15.3 Å². The SMILES string of the molecule is Fc1sc(Nc2ccc3ncsc3c2)nc1-c1ccoc1. The predicted molar refractivity (Wildman–Crippen MR) is 82.7 cm³/mol. The van der Waals surface area contributed by atoms with Gasteiger partial charge in [-0.2, -0.15) is 4.39 Å². The summed E-state index contributed by atoms with van der Waals surface area (Å²) >= 11 is 2.54. The quantitative estimate of drug-likeness (QED) is 0.584. The molecule has 4 nitrogen and oxygen atoms in total. The summed E-state index contributed by atoms with van der Waals surface area (Å²) in [6.07, 6.45) is 2.98. The van der Waals surface area contributed by atoms with Crippen molar-refractivity contribution < 1.29 is 8.81 Å². The van der Waals surface area contributed by atoms with Gasteiger partial charge in [0.15, 0.2) is 5.13 Å². The highest BCUT2D eigenvalue weighted by atomic mass is 32.1. The zero-order valence-corrected chi connectivity index (χ0v) is 12.2. The zero-order chi connectivity index (χ0) is 14.2. The monoisotopic (exact) mass is 317 g/mol. The second-order valence-electron chi connectivity index (χ2n) is 4.31. The topological polar surface area (TPSA) is 51.0 Å². The van der Waals surface area contributed by atoms with Crippen LogP contribution in [0, 0.1) is 5.13 Å². The molecule has 21 heavy (non-hydrogen) atoms. The minimum Gasteiger partial charge on any atom is -0.472 e. The Morgan fingerprint density at radius 3 is 3.05 bits per heavy atom. The summed E-state index contributed by atoms with van der Waals surface area (Å²) in [6.45, 7) is 0. The van der Waals surface area contributed by atoms with Gasteiger partial charge < -0.3 is 9.73 Å². The molecular weight excluding hydrogens is 309 g/mol. The van der Waals surface area contributed by atoms with E-state index in [0.717, 1.165) is 27.2 Å². The zero-order valence-electron chi connectivity index (χ0n) is 10.5. The van der Waals surface area contributed by atoms with E-state index in [1.54, 1.807) is 22.9 Å². The van der Waals surface area contributed by atoms with Crippen molar-refractivity contribution in [2.24, 2.45) is 0 Å². The maximum Gasteiger partial charge on any atom is 0.206 e. The second-order valence-corrected chi connectivity index (χ2v) is 6.15. The fourth-order valence-electron chi connectivity index (χ4n) is 1.99. The van der Waals surface area contributed by atoms with Gasteiger partial charge in [0, 0.05) is 11.3 Å². The lowest BCUT2D eigenvalue weighted by Crippen LogP contribution is -1.89. The summed E-state index contributed by atoms with van der Waals surface area (Å²) in [5.41, 5.74) is 4.55. The molecule has 3 aromatic heterocycles. The van der Waals surface area contributed by atoms with Crippen molar-refractivity contribution in [3.8, 4) is 11.3 Å². The molecule has 0 bridgehead atoms. The van der Waals surface area contributed by atoms with Gasteiger partial charge >= 0.3 is 0 Å². The van der Waals surface area contributed by atoms with Gasteiger partial charge in [-0.15, -0.1) is 11.3 Å². The lowest BCUT2D eigenvalue weighted by Gasteiger charge is -2.01. The molecule has 0 unspecified atom stereocenters. The van der Waals surface area contributed by atoms with E-state index >= 15 is 0 Å². The minimum absolute atomic E-state index is 0.301. The molecule has 1 N–H and O–H groups in total. The summed E-state index contributed by atoms with van der Waals surface area (Å²) in [5, 5.41) is 3.30. The van der Waals surface area contributed by atoms with Crippen molar-refractivity contribution >= 4 is 43.7 Å². The van der Waals surface area contributed by atoms with Crippen LogP contribution in [0.1, 0.15) is 0 Å². The molecular formula is C14H8FN3OS2. The van der Waals surface area contributed by atoms with Crippen LogP contribution < -0.4 is 5.32 Å². The van der Waals surface area contributed by atoms with Crippen molar-refractivity contribution in [1.82, 2.24) is 9.97 Å². The molecule has 0 saturated heterocycles. The van der Waals surface area contributed by atoms with Gasteiger partial charge in [-0.1, -0.05) is 11.3 Å². The largest absolute Gasteiger partial charge is 0.472 e. The Labute approximate surface area is 126 Å². The first-order valence-electron chi connectivity index (χ1n) is 6.09. The van der Waals surface area contributed by atoms with Crippen molar-refractivity contribution in [1.29, 1.82) is 0 Å². The van der Waals surface area contributed by atoms with E-state index in [1.165, 1.54) is 12.5 Å². The number of anilines is 2. The number of halogens is 1. The molecule has 0 aliphatic heterocycles. The van der Waals surface area contributed by atoms with Gasteiger partial charge in [-0.3, -0.25) is 0 Å². The Bertz CT molecular complexity index is 898. The van der Waals surface area contributed by atoms with Crippen molar-refractivity contribution in [3.05, 3.63) is 47.4 Å². The van der Waals surface area contributed by atoms with E-state index in [0.29, 0.717) is 16.4 Å². The number of hydrogen-bond donors (Lipinski definition) is 1. The Morgan fingerprint density at radius 1 is 1.24 bits per heavy atom. The molecule has 0 aliphatic rings. The first-order chi connectivity index (χ1) is 10.3. The Morgan fingerprint density at radius 2 is 2.19 bits per heavy atom. The third-order valence-corrected chi connectivity index (χ3v) is 4.51. The third-order valence-electron chi connectivity index (χ3n) is 2.96. The van der Waals surface area contributed by atoms with Crippen LogP contribution in [0.25, 0.3) is 21.5 Å². The van der Waals surface area contributed by atoms with Crippen LogP contribution in [0.3, 0.4) is 0 Å². The number of hydrogen-bond acceptors (Lipinski definition) is 6. The highest BCUT2D eigenvalue weighted by Crippen LogP contribution is 2.32. The first kappa shape index (κ1) is 12.5. The molecule has 7 heteroatoms. The summed E-state index contributed by atoms with van der Waals surface area (Å²) in [4.78, 5) is 8.50. The lowest BCUT2D eigenvalue weighted by atomic mass is 10.3. The van der Waals surface area contributed by atoms with E-state index < -0.39 is 0 Å². The number of nitrogens with one attached hydrogen (secondary N) is 1. The van der Waals surface area contributed by atoms with Gasteiger partial charge in [-0.25, -0.2) is 9.97 Å². The van der Waals surface area contributed by atoms with Crippen molar-refractivity contribution in [2.45, 2.75) is 0 Å². The average molecular weight is 317 g/mol. The number of furan rings is 1. The molecule has 104 valence electrons. The highest BCUT2D eigenvalue weighted by molar-refractivity contribution is 7.16. The molecule has 3 heterocycles. The van der Waals surface area contributed by atoms with Crippen LogP contribution >= 0.6 is 22.7 Å². The number of fused-ring (bicyclic) bond motifs is 1. The van der Waals surface area contributed by atoms with Gasteiger partial charge in [0.1, 0.15) is 5.69 Å². The van der Waals surface area contributed by atoms with E-state index in [9.17, 15) is 4.39 Å². The number of aromatic nitrogens is 2. The van der Waals surface area contributed by atoms with E-state index in [4.69, 9.17) is 4.42 Å². The lowest BCUT2D eigenvalue weighted by molar-refractivity contribution is 0.567. The molecule has 0 amide bonds. The Hall–Kier alpha value is -2.25. The van der Waals surface area contributed by atoms with Gasteiger partial charge in [0.25, 0.3) is 0 Å². The molecule has 4 aromatic rings. The van der Waals surface area contributed by atoms with Crippen molar-refractivity contribution in [2.75, 3.05) is 5.32 Å². The first-order valence-corrected chi connectivity index (χ1v) is 7.78. The Kier molecular flexibility index (Phi) is 2.94. The van der Waals surface area contributed by atoms with Crippen LogP contribution in [0.15, 0.2) is 46.7 Å². The van der Waals surface area contributed by atoms with Crippen LogP contribution in [0.4, 0.5) is 15.2 Å². The van der Waals surface area contributed by atoms with Crippen LogP contribution in [-0.4, -0.2) is 9.97 Å². The smallest absolute Gasteiger partial charge is 0.206 e. The molecule has 0 aliphatic carbocycles. The Balaban J connectivity index is 1.66. The van der Waals surface area contributed by atoms with E-state index in [-0.39, 0.29) is 5.13 Å². The molecule has 4 rings (SSSR count). The predicted octanol–water partition coefficient (Wildman–Crippen LogP) is 4.90.